The molecule has 3 heteroatoms. The standard InChI is InChI=1S/C32H26N2Si/c1-35(2,31-21-13-5-3-11-19(21)29-27(31)23-15-7-9-17-25(23)33-29)32-22-14-6-4-12-20(22)30-28(32)24-16-8-10-18-26(24)34-30/h3-18,31-34H,1-2H3. The van der Waals surface area contributed by atoms with Crippen LogP contribution in [0.2, 0.25) is 13.1 Å². The summed E-state index contributed by atoms with van der Waals surface area (Å²) < 4.78 is 0. The fourth-order valence-electron chi connectivity index (χ4n) is 7.33. The summed E-state index contributed by atoms with van der Waals surface area (Å²) in [5, 5.41) is 2.77. The molecule has 168 valence electrons. The fourth-order valence-corrected chi connectivity index (χ4v) is 11.9. The van der Waals surface area contributed by atoms with Gasteiger partial charge in [0.1, 0.15) is 0 Å². The van der Waals surface area contributed by atoms with Gasteiger partial charge < -0.3 is 9.97 Å². The van der Waals surface area contributed by atoms with Gasteiger partial charge in [0.25, 0.3) is 0 Å². The summed E-state index contributed by atoms with van der Waals surface area (Å²) in [6.07, 6.45) is 0. The predicted octanol–water partition coefficient (Wildman–Crippen LogP) is 8.36. The van der Waals surface area contributed by atoms with E-state index in [2.05, 4.69) is 120 Å². The maximum Gasteiger partial charge on any atom is 0.0733 e. The molecule has 0 radical (unpaired) electrons. The van der Waals surface area contributed by atoms with Crippen molar-refractivity contribution in [1.29, 1.82) is 0 Å². The van der Waals surface area contributed by atoms with Crippen molar-refractivity contribution < 1.29 is 0 Å². The number of nitrogens with one attached hydrogen (secondary N) is 2. The smallest absolute Gasteiger partial charge is 0.0733 e. The number of hydrogen-bond acceptors (Lipinski definition) is 0. The van der Waals surface area contributed by atoms with Crippen LogP contribution in [0.3, 0.4) is 0 Å². The van der Waals surface area contributed by atoms with Crippen molar-refractivity contribution >= 4 is 29.9 Å². The third-order valence-corrected chi connectivity index (χ3v) is 12.8. The van der Waals surface area contributed by atoms with E-state index in [1.807, 2.05) is 0 Å². The van der Waals surface area contributed by atoms with Crippen molar-refractivity contribution in [3.05, 3.63) is 119 Å². The van der Waals surface area contributed by atoms with Crippen molar-refractivity contribution in [3.8, 4) is 22.5 Å². The molecule has 2 atom stereocenters. The number of aromatic nitrogens is 2. The Hall–Kier alpha value is -3.82. The van der Waals surface area contributed by atoms with E-state index in [0.29, 0.717) is 11.1 Å². The van der Waals surface area contributed by atoms with Crippen LogP contribution in [-0.2, 0) is 0 Å². The quantitative estimate of drug-likeness (QED) is 0.240. The maximum absolute atomic E-state index is 3.80. The van der Waals surface area contributed by atoms with Crippen LogP contribution in [0.4, 0.5) is 0 Å². The Bertz CT molecular complexity index is 1670. The number of hydrogen-bond donors (Lipinski definition) is 2. The first-order valence-corrected chi connectivity index (χ1v) is 15.7. The molecule has 0 saturated carbocycles. The van der Waals surface area contributed by atoms with Crippen LogP contribution in [0.25, 0.3) is 44.3 Å². The van der Waals surface area contributed by atoms with Crippen LogP contribution >= 0.6 is 0 Å². The van der Waals surface area contributed by atoms with E-state index in [9.17, 15) is 0 Å². The predicted molar refractivity (Wildman–Crippen MR) is 149 cm³/mol. The molecular weight excluding hydrogens is 440 g/mol. The van der Waals surface area contributed by atoms with Gasteiger partial charge in [-0.3, -0.25) is 0 Å². The second-order valence-corrected chi connectivity index (χ2v) is 15.6. The maximum atomic E-state index is 3.80. The normalized spacial score (nSPS) is 18.0. The first-order valence-electron chi connectivity index (χ1n) is 12.5. The van der Waals surface area contributed by atoms with Crippen molar-refractivity contribution in [2.45, 2.75) is 24.2 Å². The zero-order valence-electron chi connectivity index (χ0n) is 19.9. The topological polar surface area (TPSA) is 31.6 Å². The number of benzene rings is 4. The lowest BCUT2D eigenvalue weighted by Gasteiger charge is -2.38. The van der Waals surface area contributed by atoms with Crippen LogP contribution in [0.15, 0.2) is 97.1 Å². The first kappa shape index (κ1) is 19.5. The fraction of sp³-hybridized carbons (Fsp3) is 0.125. The molecule has 35 heavy (non-hydrogen) atoms. The molecule has 6 aromatic rings. The lowest BCUT2D eigenvalue weighted by molar-refractivity contribution is 1.02. The molecule has 0 bridgehead atoms. The molecule has 2 unspecified atom stereocenters. The molecule has 4 aromatic carbocycles. The monoisotopic (exact) mass is 466 g/mol. The summed E-state index contributed by atoms with van der Waals surface area (Å²) in [7, 11) is -2.04. The summed E-state index contributed by atoms with van der Waals surface area (Å²) in [5.41, 5.74) is 14.8. The van der Waals surface area contributed by atoms with Gasteiger partial charge in [0, 0.05) is 44.0 Å². The highest BCUT2D eigenvalue weighted by Gasteiger charge is 2.51. The zero-order chi connectivity index (χ0) is 23.3. The largest absolute Gasteiger partial charge is 0.354 e. The van der Waals surface area contributed by atoms with E-state index < -0.39 is 8.07 Å². The van der Waals surface area contributed by atoms with Gasteiger partial charge in [0.2, 0.25) is 0 Å². The molecule has 2 nitrogen and oxygen atoms in total. The Labute approximate surface area is 205 Å². The molecule has 0 amide bonds. The van der Waals surface area contributed by atoms with Gasteiger partial charge in [-0.15, -0.1) is 0 Å². The molecule has 0 aliphatic heterocycles. The van der Waals surface area contributed by atoms with Gasteiger partial charge in [-0.1, -0.05) is 98.0 Å². The summed E-state index contributed by atoms with van der Waals surface area (Å²) in [6, 6.07) is 36.0. The summed E-state index contributed by atoms with van der Waals surface area (Å²) >= 11 is 0. The molecule has 2 aromatic heterocycles. The van der Waals surface area contributed by atoms with E-state index >= 15 is 0 Å². The molecule has 2 N–H and O–H groups in total. The highest BCUT2D eigenvalue weighted by molar-refractivity contribution is 6.82. The van der Waals surface area contributed by atoms with Crippen LogP contribution < -0.4 is 0 Å². The second-order valence-electron chi connectivity index (χ2n) is 10.8. The van der Waals surface area contributed by atoms with Crippen molar-refractivity contribution in [1.82, 2.24) is 9.97 Å². The molecule has 0 saturated heterocycles. The second kappa shape index (κ2) is 6.64. The Morgan fingerprint density at radius 3 is 1.40 bits per heavy atom. The number of fused-ring (bicyclic) bond motifs is 10. The van der Waals surface area contributed by atoms with Gasteiger partial charge in [-0.25, -0.2) is 0 Å². The van der Waals surface area contributed by atoms with Crippen molar-refractivity contribution in [2.75, 3.05) is 0 Å². The Kier molecular flexibility index (Phi) is 3.70. The summed E-state index contributed by atoms with van der Waals surface area (Å²) in [4.78, 5) is 7.61. The summed E-state index contributed by atoms with van der Waals surface area (Å²) in [5.74, 6) is 0. The van der Waals surface area contributed by atoms with Crippen LogP contribution in [0.1, 0.15) is 33.3 Å². The van der Waals surface area contributed by atoms with Gasteiger partial charge in [0.15, 0.2) is 0 Å². The highest BCUT2D eigenvalue weighted by Crippen LogP contribution is 2.59. The van der Waals surface area contributed by atoms with Crippen molar-refractivity contribution in [3.63, 3.8) is 0 Å². The lowest BCUT2D eigenvalue weighted by Crippen LogP contribution is -2.42. The number of H-pyrrole nitrogens is 2. The molecular formula is C32H26N2Si. The van der Waals surface area contributed by atoms with Crippen LogP contribution in [0, 0.1) is 0 Å². The minimum Gasteiger partial charge on any atom is -0.354 e. The molecule has 2 aliphatic carbocycles. The average Bonchev–Trinajstić information content (AvgIpc) is 3.60. The molecule has 0 fully saturated rings. The van der Waals surface area contributed by atoms with Crippen molar-refractivity contribution in [2.24, 2.45) is 0 Å². The van der Waals surface area contributed by atoms with E-state index in [-0.39, 0.29) is 0 Å². The Balaban J connectivity index is 1.44. The van der Waals surface area contributed by atoms with Crippen LogP contribution in [-0.4, -0.2) is 18.0 Å². The third kappa shape index (κ3) is 2.39. The van der Waals surface area contributed by atoms with Gasteiger partial charge in [-0.2, -0.15) is 0 Å². The minimum atomic E-state index is -2.04. The third-order valence-electron chi connectivity index (χ3n) is 8.64. The minimum absolute atomic E-state index is 0.419. The Morgan fingerprint density at radius 1 is 0.514 bits per heavy atom. The molecule has 2 heterocycles. The number of rotatable bonds is 2. The van der Waals surface area contributed by atoms with E-state index in [4.69, 9.17) is 0 Å². The van der Waals surface area contributed by atoms with E-state index in [1.54, 1.807) is 0 Å². The average molecular weight is 467 g/mol. The SMILES string of the molecule is C[Si](C)(C1c2ccccc2-c2[nH]c3ccccc3c21)C1c2ccccc2-c2[nH]c3ccccc3c21. The van der Waals surface area contributed by atoms with Gasteiger partial charge in [0.05, 0.1) is 19.5 Å². The van der Waals surface area contributed by atoms with Gasteiger partial charge in [-0.05, 0) is 34.4 Å². The van der Waals surface area contributed by atoms with E-state index in [0.717, 1.165) is 0 Å². The number of para-hydroxylation sites is 2. The Morgan fingerprint density at radius 2 is 0.914 bits per heavy atom. The summed E-state index contributed by atoms with van der Waals surface area (Å²) in [6.45, 7) is 5.26. The number of aromatic amines is 2. The first-order chi connectivity index (χ1) is 17.1. The zero-order valence-corrected chi connectivity index (χ0v) is 20.9. The lowest BCUT2D eigenvalue weighted by atomic mass is 10.1. The van der Waals surface area contributed by atoms with Crippen LogP contribution in [0.5, 0.6) is 0 Å². The van der Waals surface area contributed by atoms with Gasteiger partial charge >= 0.3 is 0 Å². The molecule has 8 rings (SSSR count). The molecule has 2 aliphatic rings. The molecule has 0 spiro atoms. The highest BCUT2D eigenvalue weighted by atomic mass is 28.3. The van der Waals surface area contributed by atoms with E-state index in [1.165, 1.54) is 66.6 Å².